The summed E-state index contributed by atoms with van der Waals surface area (Å²) in [6.45, 7) is 5.21. The molecule has 7 nitrogen and oxygen atoms in total. The summed E-state index contributed by atoms with van der Waals surface area (Å²) in [6.07, 6.45) is 1.60. The van der Waals surface area contributed by atoms with Gasteiger partial charge in [0.05, 0.1) is 12.2 Å². The zero-order valence-corrected chi connectivity index (χ0v) is 15.8. The molecule has 3 rings (SSSR count). The van der Waals surface area contributed by atoms with Crippen molar-refractivity contribution in [3.8, 4) is 0 Å². The van der Waals surface area contributed by atoms with Gasteiger partial charge in [0.2, 0.25) is 5.91 Å². The van der Waals surface area contributed by atoms with Gasteiger partial charge >= 0.3 is 12.1 Å². The summed E-state index contributed by atoms with van der Waals surface area (Å²) in [4.78, 5) is 37.6. The number of piperidine rings is 1. The predicted molar refractivity (Wildman–Crippen MR) is 99.4 cm³/mol. The van der Waals surface area contributed by atoms with Crippen molar-refractivity contribution in [2.45, 2.75) is 39.2 Å². The number of rotatable bonds is 5. The molecule has 2 aliphatic rings. The van der Waals surface area contributed by atoms with Gasteiger partial charge in [0.15, 0.2) is 0 Å². The first kappa shape index (κ1) is 19.2. The van der Waals surface area contributed by atoms with Gasteiger partial charge in [-0.15, -0.1) is 0 Å². The lowest BCUT2D eigenvalue weighted by Crippen LogP contribution is -2.41. The smallest absolute Gasteiger partial charge is 0.409 e. The molecule has 0 bridgehead atoms. The lowest BCUT2D eigenvalue weighted by molar-refractivity contribution is -0.117. The monoisotopic (exact) mass is 374 g/mol. The highest BCUT2D eigenvalue weighted by molar-refractivity contribution is 5.95. The van der Waals surface area contributed by atoms with Crippen molar-refractivity contribution in [2.24, 2.45) is 11.8 Å². The minimum Gasteiger partial charge on any atom is -0.459 e. The highest BCUT2D eigenvalue weighted by atomic mass is 16.6. The Morgan fingerprint density at radius 3 is 2.33 bits per heavy atom. The first-order valence-electron chi connectivity index (χ1n) is 9.51. The predicted octanol–water partition coefficient (Wildman–Crippen LogP) is 3.06. The van der Waals surface area contributed by atoms with E-state index in [4.69, 9.17) is 9.47 Å². The average molecular weight is 374 g/mol. The van der Waals surface area contributed by atoms with Gasteiger partial charge < -0.3 is 19.7 Å². The molecule has 0 unspecified atom stereocenters. The third-order valence-corrected chi connectivity index (χ3v) is 5.08. The van der Waals surface area contributed by atoms with Gasteiger partial charge in [-0.25, -0.2) is 9.59 Å². The lowest BCUT2D eigenvalue weighted by atomic mass is 10.1. The van der Waals surface area contributed by atoms with Crippen LogP contribution >= 0.6 is 0 Å². The van der Waals surface area contributed by atoms with E-state index in [1.807, 2.05) is 0 Å². The summed E-state index contributed by atoms with van der Waals surface area (Å²) < 4.78 is 10.5. The van der Waals surface area contributed by atoms with E-state index >= 15 is 0 Å². The van der Waals surface area contributed by atoms with Crippen LogP contribution < -0.4 is 5.32 Å². The summed E-state index contributed by atoms with van der Waals surface area (Å²) in [5.74, 6) is 0.203. The molecular weight excluding hydrogens is 348 g/mol. The van der Waals surface area contributed by atoms with E-state index in [-0.39, 0.29) is 24.0 Å². The second-order valence-electron chi connectivity index (χ2n) is 7.18. The van der Waals surface area contributed by atoms with Crippen LogP contribution in [0.2, 0.25) is 0 Å². The van der Waals surface area contributed by atoms with Crippen LogP contribution in [0.4, 0.5) is 10.5 Å². The van der Waals surface area contributed by atoms with Crippen molar-refractivity contribution in [2.75, 3.05) is 25.0 Å². The molecule has 1 saturated carbocycles. The average Bonchev–Trinajstić information content (AvgIpc) is 3.40. The third-order valence-electron chi connectivity index (χ3n) is 5.08. The van der Waals surface area contributed by atoms with Crippen LogP contribution in [0.1, 0.15) is 43.5 Å². The van der Waals surface area contributed by atoms with Crippen LogP contribution in [-0.2, 0) is 14.3 Å². The number of nitrogens with zero attached hydrogens (tertiary/aromatic N) is 1. The topological polar surface area (TPSA) is 84.9 Å². The molecule has 0 radical (unpaired) electrons. The lowest BCUT2D eigenvalue weighted by Gasteiger charge is -2.30. The van der Waals surface area contributed by atoms with Crippen LogP contribution in [-0.4, -0.2) is 48.7 Å². The Labute approximate surface area is 159 Å². The van der Waals surface area contributed by atoms with Crippen molar-refractivity contribution < 1.29 is 23.9 Å². The minimum atomic E-state index is -0.390. The molecule has 146 valence electrons. The summed E-state index contributed by atoms with van der Waals surface area (Å²) in [5.41, 5.74) is 1.12. The molecule has 1 aliphatic heterocycles. The standard InChI is InChI=1S/C20H26N2O5/c1-3-26-20(25)22-10-8-16(9-11-22)27-19(24)14-4-6-15(7-5-14)21-18(23)17-12-13(17)2/h4-7,13,16-17H,3,8-12H2,1-2H3,(H,21,23)/t13-,17+/m0/s1. The number of nitrogens with one attached hydrogen (secondary N) is 1. The van der Waals surface area contributed by atoms with Crippen LogP contribution in [0, 0.1) is 11.8 Å². The molecule has 1 aromatic carbocycles. The molecule has 0 aromatic heterocycles. The maximum Gasteiger partial charge on any atom is 0.409 e. The highest BCUT2D eigenvalue weighted by Crippen LogP contribution is 2.38. The summed E-state index contributed by atoms with van der Waals surface area (Å²) in [5, 5.41) is 2.87. The minimum absolute atomic E-state index is 0.0335. The Bertz CT molecular complexity index is 695. The van der Waals surface area contributed by atoms with E-state index in [1.54, 1.807) is 36.1 Å². The van der Waals surface area contributed by atoms with Crippen molar-refractivity contribution in [3.05, 3.63) is 29.8 Å². The maximum absolute atomic E-state index is 12.3. The Morgan fingerprint density at radius 1 is 1.15 bits per heavy atom. The quantitative estimate of drug-likeness (QED) is 0.801. The van der Waals surface area contributed by atoms with E-state index in [0.717, 1.165) is 6.42 Å². The third kappa shape index (κ3) is 4.99. The number of amides is 2. The van der Waals surface area contributed by atoms with Crippen LogP contribution in [0.25, 0.3) is 0 Å². The number of anilines is 1. The van der Waals surface area contributed by atoms with Crippen molar-refractivity contribution in [1.82, 2.24) is 4.90 Å². The number of ether oxygens (including phenoxy) is 2. The summed E-state index contributed by atoms with van der Waals surface area (Å²) >= 11 is 0. The number of benzene rings is 1. The van der Waals surface area contributed by atoms with E-state index < -0.39 is 5.97 Å². The van der Waals surface area contributed by atoms with Gasteiger partial charge in [0.1, 0.15) is 6.10 Å². The maximum atomic E-state index is 12.3. The van der Waals surface area contributed by atoms with Gasteiger partial charge in [0, 0.05) is 37.5 Å². The first-order valence-corrected chi connectivity index (χ1v) is 9.51. The molecule has 1 heterocycles. The molecule has 0 spiro atoms. The number of carbonyl (C=O) groups excluding carboxylic acids is 3. The number of esters is 1. The zero-order chi connectivity index (χ0) is 19.4. The van der Waals surface area contributed by atoms with Crippen LogP contribution in [0.15, 0.2) is 24.3 Å². The molecule has 1 N–H and O–H groups in total. The van der Waals surface area contributed by atoms with Gasteiger partial charge in [-0.3, -0.25) is 4.79 Å². The summed E-state index contributed by atoms with van der Waals surface area (Å²) in [6, 6.07) is 6.74. The van der Waals surface area contributed by atoms with Crippen molar-refractivity contribution in [3.63, 3.8) is 0 Å². The molecule has 2 fully saturated rings. The molecular formula is C20H26N2O5. The molecule has 2 amide bonds. The normalized spacial score (nSPS) is 22.1. The Hall–Kier alpha value is -2.57. The molecule has 1 aromatic rings. The molecule has 7 heteroatoms. The fourth-order valence-corrected chi connectivity index (χ4v) is 3.20. The molecule has 27 heavy (non-hydrogen) atoms. The van der Waals surface area contributed by atoms with E-state index in [1.165, 1.54) is 0 Å². The largest absolute Gasteiger partial charge is 0.459 e. The van der Waals surface area contributed by atoms with Gasteiger partial charge in [-0.05, 0) is 43.5 Å². The van der Waals surface area contributed by atoms with Crippen LogP contribution in [0.3, 0.4) is 0 Å². The van der Waals surface area contributed by atoms with E-state index in [9.17, 15) is 14.4 Å². The van der Waals surface area contributed by atoms with Gasteiger partial charge in [-0.2, -0.15) is 0 Å². The SMILES string of the molecule is CCOC(=O)N1CCC(OC(=O)c2ccc(NC(=O)[C@@H]3C[C@@H]3C)cc2)CC1. The second kappa shape index (κ2) is 8.41. The van der Waals surface area contributed by atoms with Gasteiger partial charge in [0.25, 0.3) is 0 Å². The Morgan fingerprint density at radius 2 is 1.78 bits per heavy atom. The fraction of sp³-hybridized carbons (Fsp3) is 0.550. The number of hydrogen-bond acceptors (Lipinski definition) is 5. The Balaban J connectivity index is 1.46. The van der Waals surface area contributed by atoms with Crippen LogP contribution in [0.5, 0.6) is 0 Å². The summed E-state index contributed by atoms with van der Waals surface area (Å²) in [7, 11) is 0. The zero-order valence-electron chi connectivity index (χ0n) is 15.8. The van der Waals surface area contributed by atoms with E-state index in [2.05, 4.69) is 12.2 Å². The molecule has 1 saturated heterocycles. The molecule has 1 aliphatic carbocycles. The number of hydrogen-bond donors (Lipinski definition) is 1. The number of likely N-dealkylation sites (tertiary alicyclic amines) is 1. The molecule has 2 atom stereocenters. The Kier molecular flexibility index (Phi) is 5.98. The van der Waals surface area contributed by atoms with Crippen molar-refractivity contribution in [1.29, 1.82) is 0 Å². The van der Waals surface area contributed by atoms with Gasteiger partial charge in [-0.1, -0.05) is 6.92 Å². The second-order valence-corrected chi connectivity index (χ2v) is 7.18. The number of carbonyl (C=O) groups is 3. The highest BCUT2D eigenvalue weighted by Gasteiger charge is 2.39. The first-order chi connectivity index (χ1) is 13.0. The fourth-order valence-electron chi connectivity index (χ4n) is 3.20. The van der Waals surface area contributed by atoms with Crippen molar-refractivity contribution >= 4 is 23.7 Å². The van der Waals surface area contributed by atoms with E-state index in [0.29, 0.717) is 49.7 Å².